The van der Waals surface area contributed by atoms with Gasteiger partial charge in [0.2, 0.25) is 0 Å². The van der Waals surface area contributed by atoms with Gasteiger partial charge < -0.3 is 25.1 Å². The molecular weight excluding hydrogens is 332 g/mol. The molecule has 0 atom stereocenters. The van der Waals surface area contributed by atoms with Crippen LogP contribution in [0.1, 0.15) is 55.6 Å². The van der Waals surface area contributed by atoms with E-state index in [0.717, 1.165) is 63.5 Å². The standard InChI is InChI=1S/C19H34N4O3/c1-4-6-13-25-14-8-12-23-19(20-5-2)22-11-7-10-21-18(24)17-16(3)9-15-26-17/h9,15H,4-8,10-14H2,1-3H3,(H,21,24)(H2,20,22,23). The number of hydrogen-bond acceptors (Lipinski definition) is 4. The molecule has 0 aliphatic rings. The van der Waals surface area contributed by atoms with E-state index < -0.39 is 0 Å². The molecule has 1 heterocycles. The van der Waals surface area contributed by atoms with E-state index in [-0.39, 0.29) is 5.91 Å². The Balaban J connectivity index is 2.16. The van der Waals surface area contributed by atoms with E-state index in [1.807, 2.05) is 13.8 Å². The lowest BCUT2D eigenvalue weighted by atomic mass is 10.2. The van der Waals surface area contributed by atoms with Crippen LogP contribution in [-0.4, -0.2) is 51.3 Å². The molecular formula is C19H34N4O3. The predicted molar refractivity (Wildman–Crippen MR) is 105 cm³/mol. The molecule has 0 saturated carbocycles. The van der Waals surface area contributed by atoms with Crippen molar-refractivity contribution in [2.24, 2.45) is 4.99 Å². The number of amides is 1. The SMILES string of the molecule is CCCCOCCCNC(=NCCCNC(=O)c1occc1C)NCC. The average molecular weight is 367 g/mol. The monoisotopic (exact) mass is 366 g/mol. The molecule has 148 valence electrons. The Bertz CT molecular complexity index is 529. The van der Waals surface area contributed by atoms with Crippen molar-refractivity contribution in [3.8, 4) is 0 Å². The molecule has 1 aromatic rings. The van der Waals surface area contributed by atoms with Crippen molar-refractivity contribution >= 4 is 11.9 Å². The summed E-state index contributed by atoms with van der Waals surface area (Å²) in [5.74, 6) is 1.00. The van der Waals surface area contributed by atoms with E-state index in [1.165, 1.54) is 6.26 Å². The Morgan fingerprint density at radius 2 is 1.88 bits per heavy atom. The molecule has 0 aliphatic heterocycles. The summed E-state index contributed by atoms with van der Waals surface area (Å²) in [6.07, 6.45) is 5.53. The molecule has 1 amide bonds. The Morgan fingerprint density at radius 1 is 1.12 bits per heavy atom. The first-order chi connectivity index (χ1) is 12.7. The fraction of sp³-hybridized carbons (Fsp3) is 0.684. The smallest absolute Gasteiger partial charge is 0.287 e. The van der Waals surface area contributed by atoms with Crippen LogP contribution in [0.2, 0.25) is 0 Å². The van der Waals surface area contributed by atoms with Gasteiger partial charge in [0.25, 0.3) is 5.91 Å². The highest BCUT2D eigenvalue weighted by Gasteiger charge is 2.11. The van der Waals surface area contributed by atoms with Crippen LogP contribution in [-0.2, 0) is 4.74 Å². The van der Waals surface area contributed by atoms with E-state index in [9.17, 15) is 4.79 Å². The highest BCUT2D eigenvalue weighted by atomic mass is 16.5. The van der Waals surface area contributed by atoms with E-state index in [2.05, 4.69) is 27.9 Å². The number of carbonyl (C=O) groups excluding carboxylic acids is 1. The lowest BCUT2D eigenvalue weighted by molar-refractivity contribution is 0.0925. The van der Waals surface area contributed by atoms with Crippen LogP contribution < -0.4 is 16.0 Å². The quantitative estimate of drug-likeness (QED) is 0.284. The van der Waals surface area contributed by atoms with Crippen molar-refractivity contribution in [3.63, 3.8) is 0 Å². The summed E-state index contributed by atoms with van der Waals surface area (Å²) in [4.78, 5) is 16.4. The summed E-state index contributed by atoms with van der Waals surface area (Å²) in [7, 11) is 0. The third kappa shape index (κ3) is 9.46. The summed E-state index contributed by atoms with van der Waals surface area (Å²) in [6, 6.07) is 1.78. The number of carbonyl (C=O) groups is 1. The van der Waals surface area contributed by atoms with E-state index in [1.54, 1.807) is 6.07 Å². The van der Waals surface area contributed by atoms with Crippen LogP contribution in [0.4, 0.5) is 0 Å². The topological polar surface area (TPSA) is 87.9 Å². The zero-order valence-corrected chi connectivity index (χ0v) is 16.4. The molecule has 0 fully saturated rings. The number of nitrogens with one attached hydrogen (secondary N) is 3. The van der Waals surface area contributed by atoms with Gasteiger partial charge in [0.05, 0.1) is 6.26 Å². The predicted octanol–water partition coefficient (Wildman–Crippen LogP) is 2.47. The first kappa shape index (κ1) is 22.0. The number of ether oxygens (including phenoxy) is 1. The maximum absolute atomic E-state index is 11.9. The zero-order chi connectivity index (χ0) is 19.0. The van der Waals surface area contributed by atoms with Crippen molar-refractivity contribution < 1.29 is 13.9 Å². The van der Waals surface area contributed by atoms with E-state index in [0.29, 0.717) is 18.8 Å². The number of guanidine groups is 1. The van der Waals surface area contributed by atoms with Gasteiger partial charge in [-0.15, -0.1) is 0 Å². The molecule has 7 heteroatoms. The maximum atomic E-state index is 11.9. The normalized spacial score (nSPS) is 11.4. The molecule has 0 saturated heterocycles. The Labute approximate surface area is 157 Å². The largest absolute Gasteiger partial charge is 0.459 e. The van der Waals surface area contributed by atoms with Gasteiger partial charge in [-0.1, -0.05) is 13.3 Å². The lowest BCUT2D eigenvalue weighted by Crippen LogP contribution is -2.38. The molecule has 7 nitrogen and oxygen atoms in total. The summed E-state index contributed by atoms with van der Waals surface area (Å²) in [5.41, 5.74) is 0.845. The maximum Gasteiger partial charge on any atom is 0.287 e. The minimum atomic E-state index is -0.176. The average Bonchev–Trinajstić information content (AvgIpc) is 3.06. The van der Waals surface area contributed by atoms with Gasteiger partial charge in [0.15, 0.2) is 11.7 Å². The molecule has 0 aliphatic carbocycles. The van der Waals surface area contributed by atoms with Crippen LogP contribution in [0.25, 0.3) is 0 Å². The minimum absolute atomic E-state index is 0.176. The summed E-state index contributed by atoms with van der Waals surface area (Å²) < 4.78 is 10.7. The number of nitrogens with zero attached hydrogens (tertiary/aromatic N) is 1. The molecule has 0 radical (unpaired) electrons. The van der Waals surface area contributed by atoms with Crippen molar-refractivity contribution in [1.29, 1.82) is 0 Å². The van der Waals surface area contributed by atoms with Crippen LogP contribution in [0.3, 0.4) is 0 Å². The van der Waals surface area contributed by atoms with E-state index in [4.69, 9.17) is 9.15 Å². The first-order valence-corrected chi connectivity index (χ1v) is 9.61. The summed E-state index contributed by atoms with van der Waals surface area (Å²) in [5, 5.41) is 9.37. The Hall–Kier alpha value is -2.02. The van der Waals surface area contributed by atoms with Crippen LogP contribution in [0.5, 0.6) is 0 Å². The van der Waals surface area contributed by atoms with Crippen molar-refractivity contribution in [2.75, 3.05) is 39.4 Å². The van der Waals surface area contributed by atoms with E-state index >= 15 is 0 Å². The molecule has 3 N–H and O–H groups in total. The number of unbranched alkanes of at least 4 members (excludes halogenated alkanes) is 1. The summed E-state index contributed by atoms with van der Waals surface area (Å²) >= 11 is 0. The van der Waals surface area contributed by atoms with Gasteiger partial charge in [-0.2, -0.15) is 0 Å². The molecule has 0 spiro atoms. The van der Waals surface area contributed by atoms with Crippen LogP contribution in [0, 0.1) is 6.92 Å². The van der Waals surface area contributed by atoms with Gasteiger partial charge in [0, 0.05) is 45.0 Å². The summed E-state index contributed by atoms with van der Waals surface area (Å²) in [6.45, 7) is 10.5. The van der Waals surface area contributed by atoms with Crippen molar-refractivity contribution in [2.45, 2.75) is 46.5 Å². The Kier molecular flexibility index (Phi) is 12.0. The van der Waals surface area contributed by atoms with Gasteiger partial charge in [-0.25, -0.2) is 0 Å². The zero-order valence-electron chi connectivity index (χ0n) is 16.4. The van der Waals surface area contributed by atoms with Gasteiger partial charge in [-0.05, 0) is 39.2 Å². The molecule has 1 aromatic heterocycles. The molecule has 26 heavy (non-hydrogen) atoms. The van der Waals surface area contributed by atoms with Gasteiger partial charge in [0.1, 0.15) is 0 Å². The molecule has 1 rings (SSSR count). The van der Waals surface area contributed by atoms with Gasteiger partial charge in [-0.3, -0.25) is 9.79 Å². The number of aliphatic imine (C=N–C) groups is 1. The second kappa shape index (κ2) is 14.2. The van der Waals surface area contributed by atoms with Gasteiger partial charge >= 0.3 is 0 Å². The fourth-order valence-electron chi connectivity index (χ4n) is 2.23. The molecule has 0 bridgehead atoms. The highest BCUT2D eigenvalue weighted by molar-refractivity contribution is 5.92. The number of aryl methyl sites for hydroxylation is 1. The molecule has 0 unspecified atom stereocenters. The van der Waals surface area contributed by atoms with Crippen molar-refractivity contribution in [1.82, 2.24) is 16.0 Å². The lowest BCUT2D eigenvalue weighted by Gasteiger charge is -2.11. The number of hydrogen-bond donors (Lipinski definition) is 3. The van der Waals surface area contributed by atoms with Crippen LogP contribution >= 0.6 is 0 Å². The second-order valence-corrected chi connectivity index (χ2v) is 6.05. The number of rotatable bonds is 13. The molecule has 0 aromatic carbocycles. The van der Waals surface area contributed by atoms with Crippen molar-refractivity contribution in [3.05, 3.63) is 23.7 Å². The number of furan rings is 1. The Morgan fingerprint density at radius 3 is 2.58 bits per heavy atom. The minimum Gasteiger partial charge on any atom is -0.459 e. The van der Waals surface area contributed by atoms with Crippen LogP contribution in [0.15, 0.2) is 21.7 Å². The third-order valence-corrected chi connectivity index (χ3v) is 3.70. The third-order valence-electron chi connectivity index (χ3n) is 3.70. The second-order valence-electron chi connectivity index (χ2n) is 6.05. The highest BCUT2D eigenvalue weighted by Crippen LogP contribution is 2.07. The fourth-order valence-corrected chi connectivity index (χ4v) is 2.23. The first-order valence-electron chi connectivity index (χ1n) is 9.61.